The van der Waals surface area contributed by atoms with Crippen molar-refractivity contribution in [1.29, 1.82) is 0 Å². The Labute approximate surface area is 93.2 Å². The molecule has 1 rings (SSSR count). The van der Waals surface area contributed by atoms with Crippen molar-refractivity contribution in [3.05, 3.63) is 0 Å². The van der Waals surface area contributed by atoms with Crippen LogP contribution in [0.3, 0.4) is 0 Å². The molecule has 5 heteroatoms. The summed E-state index contributed by atoms with van der Waals surface area (Å²) in [6.45, 7) is 6.24. The number of nitrogens with zero attached hydrogens (tertiary/aromatic N) is 1. The molecular formula is C10H23NO3S. The molecule has 0 aliphatic carbocycles. The lowest BCUT2D eigenvalue weighted by Gasteiger charge is -2.28. The van der Waals surface area contributed by atoms with E-state index in [1.54, 1.807) is 0 Å². The van der Waals surface area contributed by atoms with Gasteiger partial charge in [-0.25, -0.2) is 8.42 Å². The largest absolute Gasteiger partial charge is 0.393 e. The summed E-state index contributed by atoms with van der Waals surface area (Å²) in [4.78, 5) is 2.09. The first-order chi connectivity index (χ1) is 6.97. The van der Waals surface area contributed by atoms with Gasteiger partial charge in [0.2, 0.25) is 0 Å². The van der Waals surface area contributed by atoms with Crippen LogP contribution in [-0.2, 0) is 9.84 Å². The second-order valence-corrected chi connectivity index (χ2v) is 5.96. The average molecular weight is 237 g/mol. The maximum Gasteiger partial charge on any atom is 0.148 e. The molecule has 1 N–H and O–H groups in total. The van der Waals surface area contributed by atoms with Gasteiger partial charge in [-0.2, -0.15) is 0 Å². The van der Waals surface area contributed by atoms with Crippen molar-refractivity contribution in [2.75, 3.05) is 31.6 Å². The molecule has 92 valence electrons. The number of rotatable bonds is 3. The van der Waals surface area contributed by atoms with Crippen LogP contribution in [-0.4, -0.2) is 56.2 Å². The lowest BCUT2D eigenvalue weighted by Crippen LogP contribution is -2.38. The van der Waals surface area contributed by atoms with Crippen molar-refractivity contribution in [1.82, 2.24) is 4.90 Å². The van der Waals surface area contributed by atoms with Crippen molar-refractivity contribution in [2.24, 2.45) is 0 Å². The van der Waals surface area contributed by atoms with Gasteiger partial charge < -0.3 is 10.0 Å². The van der Waals surface area contributed by atoms with Crippen LogP contribution in [0.25, 0.3) is 0 Å². The number of sulfone groups is 1. The fourth-order valence-electron chi connectivity index (χ4n) is 1.44. The fraction of sp³-hybridized carbons (Fsp3) is 1.00. The van der Waals surface area contributed by atoms with Gasteiger partial charge in [0.25, 0.3) is 0 Å². The van der Waals surface area contributed by atoms with Gasteiger partial charge in [-0.05, 0) is 12.8 Å². The van der Waals surface area contributed by atoms with E-state index in [1.165, 1.54) is 6.26 Å². The van der Waals surface area contributed by atoms with Crippen molar-refractivity contribution in [2.45, 2.75) is 32.8 Å². The van der Waals surface area contributed by atoms with E-state index in [0.29, 0.717) is 6.54 Å². The minimum Gasteiger partial charge on any atom is -0.393 e. The number of aliphatic hydroxyl groups is 1. The van der Waals surface area contributed by atoms with Gasteiger partial charge in [-0.3, -0.25) is 0 Å². The minimum atomic E-state index is -2.84. The molecule has 15 heavy (non-hydrogen) atoms. The quantitative estimate of drug-likeness (QED) is 0.777. The van der Waals surface area contributed by atoms with E-state index in [0.717, 1.165) is 25.9 Å². The van der Waals surface area contributed by atoms with Gasteiger partial charge >= 0.3 is 0 Å². The van der Waals surface area contributed by atoms with Crippen LogP contribution in [0.1, 0.15) is 26.7 Å². The van der Waals surface area contributed by atoms with E-state index >= 15 is 0 Å². The second kappa shape index (κ2) is 7.19. The Morgan fingerprint density at radius 2 is 1.73 bits per heavy atom. The maximum atomic E-state index is 10.9. The van der Waals surface area contributed by atoms with Crippen LogP contribution in [0.2, 0.25) is 0 Å². The molecule has 1 fully saturated rings. The highest BCUT2D eigenvalue weighted by molar-refractivity contribution is 7.90. The molecule has 0 spiro atoms. The van der Waals surface area contributed by atoms with Crippen LogP contribution < -0.4 is 0 Å². The molecule has 0 aromatic rings. The van der Waals surface area contributed by atoms with Gasteiger partial charge in [0, 0.05) is 25.9 Å². The molecule has 0 saturated carbocycles. The van der Waals surface area contributed by atoms with Gasteiger partial charge in [-0.1, -0.05) is 13.8 Å². The maximum absolute atomic E-state index is 10.9. The molecule has 1 aliphatic heterocycles. The van der Waals surface area contributed by atoms with Crippen molar-refractivity contribution in [3.63, 3.8) is 0 Å². The normalized spacial score (nSPS) is 19.5. The highest BCUT2D eigenvalue weighted by atomic mass is 32.2. The molecule has 0 amide bonds. The highest BCUT2D eigenvalue weighted by Gasteiger charge is 2.17. The lowest BCUT2D eigenvalue weighted by molar-refractivity contribution is 0.0856. The monoisotopic (exact) mass is 237 g/mol. The molecule has 1 aliphatic rings. The number of hydrogen-bond acceptors (Lipinski definition) is 4. The predicted molar refractivity (Wildman–Crippen MR) is 62.7 cm³/mol. The zero-order chi connectivity index (χ0) is 11.9. The summed E-state index contributed by atoms with van der Waals surface area (Å²) in [6.07, 6.45) is 2.61. The molecular weight excluding hydrogens is 214 g/mol. The van der Waals surface area contributed by atoms with Crippen molar-refractivity contribution >= 4 is 9.84 Å². The molecule has 4 nitrogen and oxygen atoms in total. The summed E-state index contributed by atoms with van der Waals surface area (Å²) in [6, 6.07) is 0. The zero-order valence-corrected chi connectivity index (χ0v) is 10.8. The molecule has 1 heterocycles. The number of hydrogen-bond donors (Lipinski definition) is 1. The van der Waals surface area contributed by atoms with E-state index in [1.807, 2.05) is 13.8 Å². The third-order valence-electron chi connectivity index (χ3n) is 2.34. The smallest absolute Gasteiger partial charge is 0.148 e. The van der Waals surface area contributed by atoms with E-state index in [2.05, 4.69) is 4.90 Å². The Morgan fingerprint density at radius 1 is 1.27 bits per heavy atom. The first-order valence-corrected chi connectivity index (χ1v) is 7.61. The summed E-state index contributed by atoms with van der Waals surface area (Å²) >= 11 is 0. The molecule has 0 bridgehead atoms. The van der Waals surface area contributed by atoms with Crippen molar-refractivity contribution in [3.8, 4) is 0 Å². The fourth-order valence-corrected chi connectivity index (χ4v) is 2.03. The van der Waals surface area contributed by atoms with Gasteiger partial charge in [0.1, 0.15) is 9.84 Å². The predicted octanol–water partition coefficient (Wildman–Crippen LogP) is 0.514. The Morgan fingerprint density at radius 3 is 2.13 bits per heavy atom. The zero-order valence-electron chi connectivity index (χ0n) is 9.94. The Hall–Kier alpha value is -0.130. The van der Waals surface area contributed by atoms with Crippen LogP contribution in [0, 0.1) is 0 Å². The summed E-state index contributed by atoms with van der Waals surface area (Å²) in [7, 11) is -2.84. The Balaban J connectivity index is 0.000000921. The average Bonchev–Trinajstić information content (AvgIpc) is 2.19. The van der Waals surface area contributed by atoms with Crippen molar-refractivity contribution < 1.29 is 13.5 Å². The second-order valence-electron chi connectivity index (χ2n) is 3.70. The van der Waals surface area contributed by atoms with E-state index in [4.69, 9.17) is 0 Å². The molecule has 0 aromatic carbocycles. The summed E-state index contributed by atoms with van der Waals surface area (Å²) < 4.78 is 21.7. The SMILES string of the molecule is CC.CS(=O)(=O)CCN1CCC(O)CC1. The number of likely N-dealkylation sites (tertiary alicyclic amines) is 1. The third-order valence-corrected chi connectivity index (χ3v) is 3.26. The van der Waals surface area contributed by atoms with Gasteiger partial charge in [0.05, 0.1) is 11.9 Å². The molecule has 1 saturated heterocycles. The molecule has 0 radical (unpaired) electrons. The third kappa shape index (κ3) is 7.76. The van der Waals surface area contributed by atoms with E-state index in [-0.39, 0.29) is 11.9 Å². The highest BCUT2D eigenvalue weighted by Crippen LogP contribution is 2.09. The van der Waals surface area contributed by atoms with E-state index < -0.39 is 9.84 Å². The van der Waals surface area contributed by atoms with Crippen LogP contribution in [0.4, 0.5) is 0 Å². The topological polar surface area (TPSA) is 57.6 Å². The van der Waals surface area contributed by atoms with Crippen LogP contribution in [0.15, 0.2) is 0 Å². The van der Waals surface area contributed by atoms with Crippen LogP contribution >= 0.6 is 0 Å². The number of aliphatic hydroxyl groups excluding tert-OH is 1. The molecule has 0 unspecified atom stereocenters. The summed E-state index contributed by atoms with van der Waals surface area (Å²) in [5.41, 5.74) is 0. The van der Waals surface area contributed by atoms with Gasteiger partial charge in [-0.15, -0.1) is 0 Å². The van der Waals surface area contributed by atoms with Crippen LogP contribution in [0.5, 0.6) is 0 Å². The van der Waals surface area contributed by atoms with Gasteiger partial charge in [0.15, 0.2) is 0 Å². The summed E-state index contributed by atoms with van der Waals surface area (Å²) in [5.74, 6) is 0.225. The van der Waals surface area contributed by atoms with E-state index in [9.17, 15) is 13.5 Å². The Kier molecular flexibility index (Phi) is 7.13. The molecule has 0 atom stereocenters. The standard InChI is InChI=1S/C8H17NO3S.C2H6/c1-13(11,12)7-6-9-4-2-8(10)3-5-9;1-2/h8,10H,2-7H2,1H3;1-2H3. The Bertz CT molecular complexity index is 243. The molecule has 0 aromatic heterocycles. The number of piperidine rings is 1. The summed E-state index contributed by atoms with van der Waals surface area (Å²) in [5, 5.41) is 9.21. The lowest BCUT2D eigenvalue weighted by atomic mass is 10.1. The minimum absolute atomic E-state index is 0.186. The first-order valence-electron chi connectivity index (χ1n) is 5.55. The first kappa shape index (κ1) is 14.9.